The van der Waals surface area contributed by atoms with Gasteiger partial charge in [-0.2, -0.15) is 4.31 Å². The van der Waals surface area contributed by atoms with E-state index in [1.54, 1.807) is 29.3 Å². The van der Waals surface area contributed by atoms with E-state index in [0.29, 0.717) is 38.1 Å². The molecule has 0 aliphatic carbocycles. The highest BCUT2D eigenvalue weighted by Crippen LogP contribution is 2.44. The number of allylic oxidation sites excluding steroid dienone is 3. The summed E-state index contributed by atoms with van der Waals surface area (Å²) < 4.78 is 36.5. The van der Waals surface area contributed by atoms with Crippen LogP contribution in [-0.4, -0.2) is 47.4 Å². The van der Waals surface area contributed by atoms with Crippen LogP contribution in [0.5, 0.6) is 0 Å². The second-order valence-electron chi connectivity index (χ2n) is 9.44. The molecule has 37 heavy (non-hydrogen) atoms. The van der Waals surface area contributed by atoms with Gasteiger partial charge in [0.1, 0.15) is 12.0 Å². The number of hydrogen-bond donors (Lipinski definition) is 2. The monoisotopic (exact) mass is 526 g/mol. The molecule has 1 saturated heterocycles. The number of ether oxygens (including phenoxy) is 1. The minimum Gasteiger partial charge on any atom is -0.510 e. The van der Waals surface area contributed by atoms with Crippen molar-refractivity contribution in [3.63, 3.8) is 0 Å². The van der Waals surface area contributed by atoms with Crippen molar-refractivity contribution >= 4 is 15.7 Å². The molecule has 0 atom stereocenters. The molecule has 2 aromatic rings. The lowest BCUT2D eigenvalue weighted by atomic mass is 9.83. The molecule has 5 rings (SSSR count). The highest BCUT2D eigenvalue weighted by Gasteiger charge is 2.44. The molecule has 0 unspecified atom stereocenters. The minimum absolute atomic E-state index is 0.225. The lowest BCUT2D eigenvalue weighted by molar-refractivity contribution is 0.247. The van der Waals surface area contributed by atoms with E-state index in [4.69, 9.17) is 4.74 Å². The highest BCUT2D eigenvalue weighted by molar-refractivity contribution is 7.93. The third-order valence-electron chi connectivity index (χ3n) is 7.36. The molecule has 9 heteroatoms. The molecule has 8 nitrogen and oxygen atoms in total. The van der Waals surface area contributed by atoms with Gasteiger partial charge in [0.2, 0.25) is 15.9 Å². The standard InChI is InChI=1S/C26H32N4O4S.C2H6/c1-5-21-23(34-25(17-31)28(21)4)16-19(3)35(32,33)29-13-10-26(11-14-29)24-7-6-12-30(24)22-9-8-18(2)15-20(22)27-26;1-2/h6-9,12,15-17,27,31H,5,10-11,13-14H2,1-4H3;1-2H3/b19-16+,25-17?;. The first-order valence-electron chi connectivity index (χ1n) is 12.9. The number of piperidine rings is 1. The molecule has 0 radical (unpaired) electrons. The van der Waals surface area contributed by atoms with Crippen LogP contribution in [-0.2, 0) is 20.3 Å². The van der Waals surface area contributed by atoms with Gasteiger partial charge < -0.3 is 24.6 Å². The number of aliphatic hydroxyl groups excluding tert-OH is 1. The van der Waals surface area contributed by atoms with E-state index < -0.39 is 10.0 Å². The van der Waals surface area contributed by atoms with Gasteiger partial charge in [-0.15, -0.1) is 0 Å². The van der Waals surface area contributed by atoms with Gasteiger partial charge in [0.15, 0.2) is 0 Å². The number of rotatable bonds is 4. The van der Waals surface area contributed by atoms with Gasteiger partial charge in [0.05, 0.1) is 27.5 Å². The van der Waals surface area contributed by atoms with E-state index in [2.05, 4.69) is 53.3 Å². The van der Waals surface area contributed by atoms with Crippen LogP contribution in [0.15, 0.2) is 71.1 Å². The van der Waals surface area contributed by atoms with Crippen molar-refractivity contribution in [3.05, 3.63) is 82.4 Å². The molecular formula is C28H38N4O4S. The van der Waals surface area contributed by atoms with Crippen molar-refractivity contribution in [1.82, 2.24) is 13.8 Å². The smallest absolute Gasteiger partial charge is 0.239 e. The van der Waals surface area contributed by atoms with Crippen LogP contribution >= 0.6 is 0 Å². The lowest BCUT2D eigenvalue weighted by Crippen LogP contribution is -2.51. The third-order valence-corrected chi connectivity index (χ3v) is 9.34. The van der Waals surface area contributed by atoms with Gasteiger partial charge in [0, 0.05) is 32.0 Å². The van der Waals surface area contributed by atoms with E-state index in [-0.39, 0.29) is 16.3 Å². The average Bonchev–Trinajstić information content (AvgIpc) is 3.50. The predicted molar refractivity (Wildman–Crippen MR) is 148 cm³/mol. The van der Waals surface area contributed by atoms with Crippen molar-refractivity contribution in [2.24, 2.45) is 0 Å². The molecule has 200 valence electrons. The van der Waals surface area contributed by atoms with Crippen molar-refractivity contribution in [2.45, 2.75) is 59.4 Å². The molecule has 0 bridgehead atoms. The molecule has 0 saturated carbocycles. The van der Waals surface area contributed by atoms with Crippen LogP contribution in [0.4, 0.5) is 5.69 Å². The lowest BCUT2D eigenvalue weighted by Gasteiger charge is -2.46. The Hall–Kier alpha value is -3.17. The molecule has 0 amide bonds. The minimum atomic E-state index is -3.66. The normalized spacial score (nSPS) is 20.2. The molecule has 3 aliphatic heterocycles. The second-order valence-corrected chi connectivity index (χ2v) is 11.6. The van der Waals surface area contributed by atoms with Crippen LogP contribution in [0.25, 0.3) is 5.69 Å². The van der Waals surface area contributed by atoms with Gasteiger partial charge in [0.25, 0.3) is 0 Å². The third kappa shape index (κ3) is 4.55. The maximum Gasteiger partial charge on any atom is 0.239 e. The number of anilines is 1. The Labute approximate surface area is 220 Å². The highest BCUT2D eigenvalue weighted by atomic mass is 32.2. The molecule has 4 heterocycles. The first-order chi connectivity index (χ1) is 17.7. The molecule has 1 aromatic heterocycles. The van der Waals surface area contributed by atoms with Crippen LogP contribution in [0.1, 0.15) is 58.2 Å². The topological polar surface area (TPSA) is 87.0 Å². The molecule has 1 fully saturated rings. The number of nitrogens with zero attached hydrogens (tertiary/aromatic N) is 3. The number of nitrogens with one attached hydrogen (secondary N) is 1. The van der Waals surface area contributed by atoms with Crippen molar-refractivity contribution < 1.29 is 18.3 Å². The van der Waals surface area contributed by atoms with Gasteiger partial charge in [-0.1, -0.05) is 26.8 Å². The first-order valence-corrected chi connectivity index (χ1v) is 14.4. The molecule has 2 N–H and O–H groups in total. The molecule has 3 aliphatic rings. The van der Waals surface area contributed by atoms with Crippen LogP contribution in [0.2, 0.25) is 0 Å². The van der Waals surface area contributed by atoms with Gasteiger partial charge in [-0.3, -0.25) is 0 Å². The number of aliphatic hydroxyl groups is 1. The Morgan fingerprint density at radius 1 is 1.22 bits per heavy atom. The summed E-state index contributed by atoms with van der Waals surface area (Å²) in [6.07, 6.45) is 6.50. The summed E-state index contributed by atoms with van der Waals surface area (Å²) in [5.41, 5.74) is 5.05. The number of benzene rings is 1. The Kier molecular flexibility index (Phi) is 7.48. The molecule has 1 spiro atoms. The van der Waals surface area contributed by atoms with Crippen LogP contribution in [0, 0.1) is 6.92 Å². The fourth-order valence-electron chi connectivity index (χ4n) is 5.39. The summed E-state index contributed by atoms with van der Waals surface area (Å²) in [5.74, 6) is 0.726. The number of hydrogen-bond acceptors (Lipinski definition) is 6. The van der Waals surface area contributed by atoms with E-state index in [9.17, 15) is 13.5 Å². The first kappa shape index (κ1) is 26.9. The molecular weight excluding hydrogens is 488 g/mol. The average molecular weight is 527 g/mol. The van der Waals surface area contributed by atoms with E-state index in [0.717, 1.165) is 23.3 Å². The largest absolute Gasteiger partial charge is 0.510 e. The zero-order chi connectivity index (χ0) is 27.0. The summed E-state index contributed by atoms with van der Waals surface area (Å²) in [4.78, 5) is 1.95. The van der Waals surface area contributed by atoms with Gasteiger partial charge in [-0.25, -0.2) is 8.42 Å². The number of aromatic nitrogens is 1. The van der Waals surface area contributed by atoms with Gasteiger partial charge in [-0.05, 0) is 69.0 Å². The fraction of sp³-hybridized carbons (Fsp3) is 0.429. The zero-order valence-corrected chi connectivity index (χ0v) is 23.4. The molecule has 1 aromatic carbocycles. The van der Waals surface area contributed by atoms with Crippen molar-refractivity contribution in [3.8, 4) is 5.69 Å². The summed E-state index contributed by atoms with van der Waals surface area (Å²) in [7, 11) is -1.88. The van der Waals surface area contributed by atoms with E-state index in [1.807, 2.05) is 20.8 Å². The Balaban J connectivity index is 0.00000156. The Bertz CT molecular complexity index is 1360. The SMILES string of the molecule is CC.CCC1=C(/C=C(\C)S(=O)(=O)N2CCC3(CC2)Nc2cc(C)ccc2-n2cccc23)OC(=CO)N1C. The van der Waals surface area contributed by atoms with Crippen LogP contribution < -0.4 is 5.32 Å². The number of fused-ring (bicyclic) bond motifs is 4. The van der Waals surface area contributed by atoms with Crippen LogP contribution in [0.3, 0.4) is 0 Å². The Morgan fingerprint density at radius 3 is 2.57 bits per heavy atom. The second kappa shape index (κ2) is 10.3. The summed E-state index contributed by atoms with van der Waals surface area (Å²) in [6, 6.07) is 10.6. The number of sulfonamides is 1. The van der Waals surface area contributed by atoms with Gasteiger partial charge >= 0.3 is 0 Å². The maximum atomic E-state index is 13.5. The zero-order valence-electron chi connectivity index (χ0n) is 22.6. The van der Waals surface area contributed by atoms with E-state index >= 15 is 0 Å². The fourth-order valence-corrected chi connectivity index (χ4v) is 6.72. The van der Waals surface area contributed by atoms with Crippen molar-refractivity contribution in [1.29, 1.82) is 0 Å². The maximum absolute atomic E-state index is 13.5. The quantitative estimate of drug-likeness (QED) is 0.497. The van der Waals surface area contributed by atoms with E-state index in [1.165, 1.54) is 11.3 Å². The summed E-state index contributed by atoms with van der Waals surface area (Å²) in [6.45, 7) is 10.5. The predicted octanol–water partition coefficient (Wildman–Crippen LogP) is 5.70. The summed E-state index contributed by atoms with van der Waals surface area (Å²) in [5, 5.41) is 13.2. The number of aryl methyl sites for hydroxylation is 1. The Morgan fingerprint density at radius 2 is 1.92 bits per heavy atom. The summed E-state index contributed by atoms with van der Waals surface area (Å²) >= 11 is 0. The van der Waals surface area contributed by atoms with Crippen molar-refractivity contribution in [2.75, 3.05) is 25.5 Å².